The van der Waals surface area contributed by atoms with E-state index >= 15 is 0 Å². The van der Waals surface area contributed by atoms with E-state index in [4.69, 9.17) is 9.47 Å². The molecular weight excluding hydrogens is 152 g/mol. The zero-order valence-electron chi connectivity index (χ0n) is 7.58. The van der Waals surface area contributed by atoms with E-state index < -0.39 is 0 Å². The van der Waals surface area contributed by atoms with Crippen molar-refractivity contribution in [2.45, 2.75) is 25.4 Å². The van der Waals surface area contributed by atoms with E-state index in [1.165, 1.54) is 12.0 Å². The standard InChI is InChI=1S/C10H16O2/c1-3-9-6-4-5-7-10(9)12-8-11-2/h3,6,10H,1,4-5,7-8H2,2H3. The molecule has 0 saturated heterocycles. The molecule has 68 valence electrons. The van der Waals surface area contributed by atoms with Gasteiger partial charge in [-0.2, -0.15) is 0 Å². The Hall–Kier alpha value is -0.600. The fourth-order valence-electron chi connectivity index (χ4n) is 1.41. The Morgan fingerprint density at radius 2 is 2.58 bits per heavy atom. The van der Waals surface area contributed by atoms with Crippen LogP contribution in [0.5, 0.6) is 0 Å². The highest BCUT2D eigenvalue weighted by Crippen LogP contribution is 2.21. The van der Waals surface area contributed by atoms with Crippen LogP contribution in [0.1, 0.15) is 19.3 Å². The van der Waals surface area contributed by atoms with Crippen molar-refractivity contribution in [1.29, 1.82) is 0 Å². The molecule has 0 N–H and O–H groups in total. The molecule has 1 aliphatic carbocycles. The molecule has 2 heteroatoms. The van der Waals surface area contributed by atoms with Gasteiger partial charge in [-0.15, -0.1) is 0 Å². The Kier molecular flexibility index (Phi) is 4.05. The van der Waals surface area contributed by atoms with Crippen molar-refractivity contribution in [1.82, 2.24) is 0 Å². The van der Waals surface area contributed by atoms with E-state index in [2.05, 4.69) is 12.7 Å². The topological polar surface area (TPSA) is 18.5 Å². The number of rotatable bonds is 4. The minimum atomic E-state index is 0.205. The van der Waals surface area contributed by atoms with E-state index in [1.807, 2.05) is 6.08 Å². The molecule has 0 radical (unpaired) electrons. The van der Waals surface area contributed by atoms with Gasteiger partial charge in [0.25, 0.3) is 0 Å². The van der Waals surface area contributed by atoms with E-state index in [-0.39, 0.29) is 6.10 Å². The number of ether oxygens (including phenoxy) is 2. The van der Waals surface area contributed by atoms with Gasteiger partial charge in [-0.3, -0.25) is 0 Å². The number of methoxy groups -OCH3 is 1. The molecule has 1 aliphatic rings. The van der Waals surface area contributed by atoms with Crippen molar-refractivity contribution in [2.24, 2.45) is 0 Å². The highest BCUT2D eigenvalue weighted by atomic mass is 16.7. The molecule has 0 aromatic rings. The minimum absolute atomic E-state index is 0.205. The third-order valence-electron chi connectivity index (χ3n) is 2.05. The molecular formula is C10H16O2. The van der Waals surface area contributed by atoms with Crippen LogP contribution < -0.4 is 0 Å². The number of allylic oxidation sites excluding steroid dienone is 1. The maximum atomic E-state index is 5.47. The fraction of sp³-hybridized carbons (Fsp3) is 0.600. The van der Waals surface area contributed by atoms with Crippen LogP contribution in [-0.2, 0) is 9.47 Å². The quantitative estimate of drug-likeness (QED) is 0.599. The predicted octanol–water partition coefficient (Wildman–Crippen LogP) is 2.27. The lowest BCUT2D eigenvalue weighted by Gasteiger charge is -2.21. The van der Waals surface area contributed by atoms with Gasteiger partial charge in [-0.25, -0.2) is 0 Å². The van der Waals surface area contributed by atoms with Crippen LogP contribution in [0.3, 0.4) is 0 Å². The van der Waals surface area contributed by atoms with E-state index in [1.54, 1.807) is 7.11 Å². The smallest absolute Gasteiger partial charge is 0.147 e. The van der Waals surface area contributed by atoms with Crippen LogP contribution in [0.15, 0.2) is 24.3 Å². The molecule has 0 saturated carbocycles. The van der Waals surface area contributed by atoms with Gasteiger partial charge in [0.05, 0.1) is 6.10 Å². The Balaban J connectivity index is 2.44. The van der Waals surface area contributed by atoms with Crippen LogP contribution in [0, 0.1) is 0 Å². The first-order valence-electron chi connectivity index (χ1n) is 4.31. The molecule has 1 unspecified atom stereocenters. The van der Waals surface area contributed by atoms with Gasteiger partial charge >= 0.3 is 0 Å². The second-order valence-electron chi connectivity index (χ2n) is 2.90. The number of hydrogen-bond acceptors (Lipinski definition) is 2. The molecule has 0 amide bonds. The lowest BCUT2D eigenvalue weighted by atomic mass is 9.96. The second-order valence-corrected chi connectivity index (χ2v) is 2.90. The van der Waals surface area contributed by atoms with Gasteiger partial charge in [0.15, 0.2) is 0 Å². The molecule has 2 nitrogen and oxygen atoms in total. The van der Waals surface area contributed by atoms with Gasteiger partial charge in [0.1, 0.15) is 6.79 Å². The minimum Gasteiger partial charge on any atom is -0.359 e. The van der Waals surface area contributed by atoms with Crippen LogP contribution in [0.25, 0.3) is 0 Å². The molecule has 0 spiro atoms. The first-order valence-corrected chi connectivity index (χ1v) is 4.31. The highest BCUT2D eigenvalue weighted by molar-refractivity contribution is 5.22. The Morgan fingerprint density at radius 3 is 3.25 bits per heavy atom. The lowest BCUT2D eigenvalue weighted by molar-refractivity contribution is -0.0618. The third-order valence-corrected chi connectivity index (χ3v) is 2.05. The van der Waals surface area contributed by atoms with Gasteiger partial charge in [-0.05, 0) is 24.8 Å². The highest BCUT2D eigenvalue weighted by Gasteiger charge is 2.15. The van der Waals surface area contributed by atoms with Gasteiger partial charge in [-0.1, -0.05) is 18.7 Å². The summed E-state index contributed by atoms with van der Waals surface area (Å²) in [6, 6.07) is 0. The second kappa shape index (κ2) is 5.12. The van der Waals surface area contributed by atoms with Crippen molar-refractivity contribution in [3.63, 3.8) is 0 Å². The average molecular weight is 168 g/mol. The Labute approximate surface area is 73.9 Å². The van der Waals surface area contributed by atoms with Crippen LogP contribution in [0.4, 0.5) is 0 Å². The van der Waals surface area contributed by atoms with Gasteiger partial charge in [0.2, 0.25) is 0 Å². The summed E-state index contributed by atoms with van der Waals surface area (Å²) in [5, 5.41) is 0. The van der Waals surface area contributed by atoms with Crippen molar-refractivity contribution < 1.29 is 9.47 Å². The molecule has 0 bridgehead atoms. The largest absolute Gasteiger partial charge is 0.359 e. The monoisotopic (exact) mass is 168 g/mol. The summed E-state index contributed by atoms with van der Waals surface area (Å²) in [7, 11) is 1.64. The van der Waals surface area contributed by atoms with Crippen LogP contribution >= 0.6 is 0 Å². The van der Waals surface area contributed by atoms with E-state index in [0.717, 1.165) is 12.8 Å². The van der Waals surface area contributed by atoms with Crippen LogP contribution in [-0.4, -0.2) is 20.0 Å². The van der Waals surface area contributed by atoms with Gasteiger partial charge < -0.3 is 9.47 Å². The Morgan fingerprint density at radius 1 is 1.75 bits per heavy atom. The summed E-state index contributed by atoms with van der Waals surface area (Å²) in [5.41, 5.74) is 1.21. The summed E-state index contributed by atoms with van der Waals surface area (Å²) in [6.07, 6.45) is 7.70. The normalized spacial score (nSPS) is 23.4. The Bertz CT molecular complexity index is 173. The SMILES string of the molecule is C=CC1=CCCCC1OCOC. The van der Waals surface area contributed by atoms with Crippen molar-refractivity contribution in [3.8, 4) is 0 Å². The average Bonchev–Trinajstić information content (AvgIpc) is 2.15. The fourth-order valence-corrected chi connectivity index (χ4v) is 1.41. The zero-order chi connectivity index (χ0) is 8.81. The molecule has 0 aliphatic heterocycles. The van der Waals surface area contributed by atoms with Crippen molar-refractivity contribution in [2.75, 3.05) is 13.9 Å². The molecule has 0 aromatic heterocycles. The number of hydrogen-bond donors (Lipinski definition) is 0. The summed E-state index contributed by atoms with van der Waals surface area (Å²) >= 11 is 0. The maximum absolute atomic E-state index is 5.47. The molecule has 1 atom stereocenters. The van der Waals surface area contributed by atoms with Crippen molar-refractivity contribution in [3.05, 3.63) is 24.3 Å². The zero-order valence-corrected chi connectivity index (χ0v) is 7.58. The first kappa shape index (κ1) is 9.49. The van der Waals surface area contributed by atoms with Crippen LogP contribution in [0.2, 0.25) is 0 Å². The molecule has 1 rings (SSSR count). The molecule has 0 fully saturated rings. The summed E-state index contributed by atoms with van der Waals surface area (Å²) in [5.74, 6) is 0. The maximum Gasteiger partial charge on any atom is 0.147 e. The third kappa shape index (κ3) is 2.47. The molecule has 0 aromatic carbocycles. The first-order chi connectivity index (χ1) is 5.88. The predicted molar refractivity (Wildman–Crippen MR) is 48.9 cm³/mol. The summed E-state index contributed by atoms with van der Waals surface area (Å²) in [4.78, 5) is 0. The van der Waals surface area contributed by atoms with E-state index in [0.29, 0.717) is 6.79 Å². The lowest BCUT2D eigenvalue weighted by Crippen LogP contribution is -2.18. The van der Waals surface area contributed by atoms with E-state index in [9.17, 15) is 0 Å². The van der Waals surface area contributed by atoms with Crippen molar-refractivity contribution >= 4 is 0 Å². The summed E-state index contributed by atoms with van der Waals surface area (Å²) < 4.78 is 10.3. The molecule has 0 heterocycles. The molecule has 12 heavy (non-hydrogen) atoms. The summed E-state index contributed by atoms with van der Waals surface area (Å²) in [6.45, 7) is 4.12. The van der Waals surface area contributed by atoms with Gasteiger partial charge in [0, 0.05) is 7.11 Å².